The molecule has 2 saturated heterocycles. The summed E-state index contributed by atoms with van der Waals surface area (Å²) in [4.78, 5) is 33.0. The van der Waals surface area contributed by atoms with Crippen LogP contribution in [-0.4, -0.2) is 53.5 Å². The van der Waals surface area contributed by atoms with Gasteiger partial charge in [0, 0.05) is 43.7 Å². The Balaban J connectivity index is 1.28. The second-order valence-electron chi connectivity index (χ2n) is 8.14. The number of morpholine rings is 1. The van der Waals surface area contributed by atoms with Crippen LogP contribution in [0.5, 0.6) is 0 Å². The molecule has 2 aliphatic rings. The van der Waals surface area contributed by atoms with E-state index in [9.17, 15) is 9.59 Å². The zero-order valence-electron chi connectivity index (χ0n) is 17.5. The number of hydrogen-bond acceptors (Lipinski definition) is 6. The van der Waals surface area contributed by atoms with Gasteiger partial charge >= 0.3 is 0 Å². The first-order valence-electron chi connectivity index (χ1n) is 10.5. The monoisotopic (exact) mass is 428 g/mol. The molecule has 0 bridgehead atoms. The SMILES string of the molecule is CC1CN(Cc2csc(NC(=O)Cc3ccc(N4CCCC4=O)cc3)n2)CC(C)O1. The standard InChI is InChI=1S/C22H28N4O3S/c1-15-11-25(12-16(2)29-15)13-18-14-30-22(23-18)24-20(27)10-17-5-7-19(8-6-17)26-9-3-4-21(26)28/h5-8,14-16H,3-4,9-13H2,1-2H3,(H,23,24,27). The molecule has 0 radical (unpaired) electrons. The molecule has 8 heteroatoms. The van der Waals surface area contributed by atoms with E-state index in [2.05, 4.69) is 29.0 Å². The van der Waals surface area contributed by atoms with Crippen molar-refractivity contribution in [2.24, 2.45) is 0 Å². The van der Waals surface area contributed by atoms with Crippen molar-refractivity contribution in [1.82, 2.24) is 9.88 Å². The van der Waals surface area contributed by atoms with E-state index in [1.54, 1.807) is 4.90 Å². The van der Waals surface area contributed by atoms with E-state index < -0.39 is 0 Å². The summed E-state index contributed by atoms with van der Waals surface area (Å²) in [5, 5.41) is 5.53. The molecule has 1 aromatic carbocycles. The maximum atomic E-state index is 12.4. The highest BCUT2D eigenvalue weighted by Gasteiger charge is 2.23. The van der Waals surface area contributed by atoms with E-state index in [1.165, 1.54) is 11.3 Å². The molecule has 30 heavy (non-hydrogen) atoms. The molecule has 2 aromatic rings. The fourth-order valence-corrected chi connectivity index (χ4v) is 4.86. The Labute approximate surface area is 181 Å². The lowest BCUT2D eigenvalue weighted by atomic mass is 10.1. The summed E-state index contributed by atoms with van der Waals surface area (Å²) >= 11 is 1.45. The van der Waals surface area contributed by atoms with Crippen molar-refractivity contribution < 1.29 is 14.3 Å². The molecule has 2 amide bonds. The summed E-state index contributed by atoms with van der Waals surface area (Å²) < 4.78 is 5.77. The Bertz CT molecular complexity index is 888. The summed E-state index contributed by atoms with van der Waals surface area (Å²) in [6.45, 7) is 7.50. The van der Waals surface area contributed by atoms with E-state index in [1.807, 2.05) is 29.6 Å². The average molecular weight is 429 g/mol. The highest BCUT2D eigenvalue weighted by molar-refractivity contribution is 7.13. The van der Waals surface area contributed by atoms with Crippen LogP contribution >= 0.6 is 11.3 Å². The topological polar surface area (TPSA) is 74.8 Å². The van der Waals surface area contributed by atoms with Crippen molar-refractivity contribution in [2.45, 2.75) is 51.9 Å². The van der Waals surface area contributed by atoms with Gasteiger partial charge in [-0.3, -0.25) is 14.5 Å². The summed E-state index contributed by atoms with van der Waals surface area (Å²) in [6, 6.07) is 7.65. The number of carbonyl (C=O) groups is 2. The first-order valence-corrected chi connectivity index (χ1v) is 11.4. The second kappa shape index (κ2) is 9.24. The minimum absolute atomic E-state index is 0.0884. The van der Waals surface area contributed by atoms with Crippen LogP contribution in [-0.2, 0) is 27.3 Å². The molecule has 0 aliphatic carbocycles. The number of aromatic nitrogens is 1. The fourth-order valence-electron chi connectivity index (χ4n) is 4.14. The quantitative estimate of drug-likeness (QED) is 0.765. The van der Waals surface area contributed by atoms with Gasteiger partial charge in [0.1, 0.15) is 0 Å². The normalized spacial score (nSPS) is 22.5. The van der Waals surface area contributed by atoms with Gasteiger partial charge < -0.3 is 15.0 Å². The van der Waals surface area contributed by atoms with E-state index in [-0.39, 0.29) is 30.4 Å². The molecule has 3 heterocycles. The first-order chi connectivity index (χ1) is 14.5. The molecule has 7 nitrogen and oxygen atoms in total. The number of benzene rings is 1. The molecule has 160 valence electrons. The Hall–Kier alpha value is -2.29. The first kappa shape index (κ1) is 21.0. The minimum atomic E-state index is -0.0884. The van der Waals surface area contributed by atoms with Crippen LogP contribution in [0.3, 0.4) is 0 Å². The third-order valence-corrected chi connectivity index (χ3v) is 6.17. The van der Waals surface area contributed by atoms with Gasteiger partial charge in [-0.15, -0.1) is 11.3 Å². The van der Waals surface area contributed by atoms with Crippen LogP contribution in [0.25, 0.3) is 0 Å². The van der Waals surface area contributed by atoms with Gasteiger partial charge in [0.15, 0.2) is 5.13 Å². The van der Waals surface area contributed by atoms with E-state index in [0.717, 1.165) is 49.5 Å². The third-order valence-electron chi connectivity index (χ3n) is 5.37. The number of ether oxygens (including phenoxy) is 1. The van der Waals surface area contributed by atoms with E-state index >= 15 is 0 Å². The number of nitrogens with one attached hydrogen (secondary N) is 1. The summed E-state index contributed by atoms with van der Waals surface area (Å²) in [5.74, 6) is 0.0792. The zero-order valence-corrected chi connectivity index (χ0v) is 18.3. The maximum absolute atomic E-state index is 12.4. The van der Waals surface area contributed by atoms with Gasteiger partial charge in [-0.25, -0.2) is 4.98 Å². The van der Waals surface area contributed by atoms with Gasteiger partial charge in [-0.1, -0.05) is 12.1 Å². The van der Waals surface area contributed by atoms with E-state index in [4.69, 9.17) is 4.74 Å². The molecule has 0 saturated carbocycles. The van der Waals surface area contributed by atoms with Gasteiger partial charge in [-0.05, 0) is 38.0 Å². The molecule has 4 rings (SSSR count). The number of anilines is 2. The van der Waals surface area contributed by atoms with Gasteiger partial charge in [-0.2, -0.15) is 0 Å². The lowest BCUT2D eigenvalue weighted by Gasteiger charge is -2.34. The Morgan fingerprint density at radius 2 is 1.97 bits per heavy atom. The van der Waals surface area contributed by atoms with Crippen LogP contribution in [0.4, 0.5) is 10.8 Å². The number of amides is 2. The molecule has 2 aliphatic heterocycles. The minimum Gasteiger partial charge on any atom is -0.373 e. The van der Waals surface area contributed by atoms with Crippen molar-refractivity contribution in [3.05, 3.63) is 40.9 Å². The predicted octanol–water partition coefficient (Wildman–Crippen LogP) is 3.06. The Morgan fingerprint density at radius 1 is 1.23 bits per heavy atom. The van der Waals surface area contributed by atoms with Crippen molar-refractivity contribution in [3.63, 3.8) is 0 Å². The molecule has 1 N–H and O–H groups in total. The second-order valence-corrected chi connectivity index (χ2v) is 8.99. The predicted molar refractivity (Wildman–Crippen MR) is 118 cm³/mol. The fraction of sp³-hybridized carbons (Fsp3) is 0.500. The average Bonchev–Trinajstić information content (AvgIpc) is 3.30. The lowest BCUT2D eigenvalue weighted by Crippen LogP contribution is -2.44. The van der Waals surface area contributed by atoms with Crippen LogP contribution < -0.4 is 10.2 Å². The van der Waals surface area contributed by atoms with Crippen molar-refractivity contribution in [2.75, 3.05) is 29.9 Å². The van der Waals surface area contributed by atoms with Crippen LogP contribution in [0.1, 0.15) is 37.9 Å². The molecule has 2 fully saturated rings. The van der Waals surface area contributed by atoms with Gasteiger partial charge in [0.05, 0.1) is 24.3 Å². The lowest BCUT2D eigenvalue weighted by molar-refractivity contribution is -0.117. The summed E-state index contributed by atoms with van der Waals surface area (Å²) in [7, 11) is 0. The number of hydrogen-bond donors (Lipinski definition) is 1. The van der Waals surface area contributed by atoms with E-state index in [0.29, 0.717) is 11.6 Å². The summed E-state index contributed by atoms with van der Waals surface area (Å²) in [5.41, 5.74) is 2.78. The van der Waals surface area contributed by atoms with Gasteiger partial charge in [0.2, 0.25) is 11.8 Å². The number of thiazole rings is 1. The molecular formula is C22H28N4O3S. The Morgan fingerprint density at radius 3 is 2.63 bits per heavy atom. The van der Waals surface area contributed by atoms with Crippen LogP contribution in [0, 0.1) is 0 Å². The van der Waals surface area contributed by atoms with Crippen LogP contribution in [0.2, 0.25) is 0 Å². The van der Waals surface area contributed by atoms with Crippen molar-refractivity contribution in [3.8, 4) is 0 Å². The molecule has 2 unspecified atom stereocenters. The number of rotatable bonds is 6. The van der Waals surface area contributed by atoms with Crippen molar-refractivity contribution >= 4 is 34.0 Å². The molecular weight excluding hydrogens is 400 g/mol. The highest BCUT2D eigenvalue weighted by Crippen LogP contribution is 2.22. The van der Waals surface area contributed by atoms with Gasteiger partial charge in [0.25, 0.3) is 0 Å². The van der Waals surface area contributed by atoms with Crippen LogP contribution in [0.15, 0.2) is 29.6 Å². The molecule has 0 spiro atoms. The zero-order chi connectivity index (χ0) is 21.1. The molecule has 1 aromatic heterocycles. The third kappa shape index (κ3) is 5.24. The number of carbonyl (C=O) groups excluding carboxylic acids is 2. The highest BCUT2D eigenvalue weighted by atomic mass is 32.1. The summed E-state index contributed by atoms with van der Waals surface area (Å²) in [6.07, 6.45) is 2.25. The molecule has 2 atom stereocenters. The smallest absolute Gasteiger partial charge is 0.230 e. The number of nitrogens with zero attached hydrogens (tertiary/aromatic N) is 3. The Kier molecular flexibility index (Phi) is 6.46. The largest absolute Gasteiger partial charge is 0.373 e. The van der Waals surface area contributed by atoms with Crippen molar-refractivity contribution in [1.29, 1.82) is 0 Å². The maximum Gasteiger partial charge on any atom is 0.230 e.